The van der Waals surface area contributed by atoms with Gasteiger partial charge in [0.05, 0.1) is 14.1 Å². The number of carbonyl (C=O) groups is 1. The van der Waals surface area contributed by atoms with E-state index in [1.165, 1.54) is 0 Å². The number of fused-ring (bicyclic) bond motifs is 8. The predicted molar refractivity (Wildman–Crippen MR) is 106 cm³/mol. The third-order valence-corrected chi connectivity index (χ3v) is 7.94. The molecule has 29 heavy (non-hydrogen) atoms. The quantitative estimate of drug-likeness (QED) is 0.417. The van der Waals surface area contributed by atoms with Gasteiger partial charge in [0.1, 0.15) is 35.8 Å². The van der Waals surface area contributed by atoms with E-state index in [1.807, 2.05) is 31.2 Å². The molecule has 4 atom stereocenters. The van der Waals surface area contributed by atoms with E-state index >= 15 is 0 Å². The number of halogens is 1. The van der Waals surface area contributed by atoms with Crippen LogP contribution in [0, 0.1) is 0 Å². The standard InChI is InChI=1S/C24H26NO3.FH/c1-24(17-10-6-4-8-15(17)16-9-5-7-11-18(16)24)23(26)27-14-12-19-21-22(28-21)20(13-14)25(19,2)3;/h4-11,14,19-22H,12-13H2,1-3H3;1H/q+1;/p-1. The van der Waals surface area contributed by atoms with Gasteiger partial charge in [-0.05, 0) is 29.2 Å². The van der Waals surface area contributed by atoms with Crippen LogP contribution in [-0.2, 0) is 19.7 Å². The predicted octanol–water partition coefficient (Wildman–Crippen LogP) is 0.277. The van der Waals surface area contributed by atoms with E-state index in [0.29, 0.717) is 24.3 Å². The van der Waals surface area contributed by atoms with Crippen LogP contribution in [0.15, 0.2) is 48.5 Å². The first-order valence-corrected chi connectivity index (χ1v) is 10.3. The van der Waals surface area contributed by atoms with Crippen molar-refractivity contribution in [2.24, 2.45) is 0 Å². The second-order valence-electron chi connectivity index (χ2n) is 9.54. The summed E-state index contributed by atoms with van der Waals surface area (Å²) in [5.74, 6) is -0.115. The summed E-state index contributed by atoms with van der Waals surface area (Å²) in [5, 5.41) is 0. The van der Waals surface area contributed by atoms with Crippen molar-refractivity contribution < 1.29 is 23.5 Å². The Hall–Kier alpha value is -2.24. The number of carbonyl (C=O) groups excluding carboxylic acids is 1. The number of epoxide rings is 1. The maximum atomic E-state index is 13.6. The molecule has 3 heterocycles. The van der Waals surface area contributed by atoms with Crippen molar-refractivity contribution in [3.05, 3.63) is 59.7 Å². The number of piperidine rings is 1. The van der Waals surface area contributed by atoms with E-state index in [9.17, 15) is 4.79 Å². The van der Waals surface area contributed by atoms with Crippen molar-refractivity contribution in [3.8, 4) is 11.1 Å². The molecule has 2 bridgehead atoms. The van der Waals surface area contributed by atoms with Crippen molar-refractivity contribution in [2.75, 3.05) is 14.1 Å². The van der Waals surface area contributed by atoms with E-state index in [4.69, 9.17) is 9.47 Å². The Balaban J connectivity index is 0.00000181. The number of benzene rings is 2. The Bertz CT molecular complexity index is 938. The molecule has 2 aromatic carbocycles. The minimum Gasteiger partial charge on any atom is -1.00 e. The van der Waals surface area contributed by atoms with Crippen LogP contribution < -0.4 is 4.70 Å². The first kappa shape index (κ1) is 18.8. The molecule has 0 radical (unpaired) electrons. The Kier molecular flexibility index (Phi) is 3.81. The molecule has 5 heteroatoms. The number of hydrogen-bond acceptors (Lipinski definition) is 3. The van der Waals surface area contributed by atoms with E-state index in [1.54, 1.807) is 0 Å². The first-order valence-electron chi connectivity index (χ1n) is 10.3. The molecule has 3 saturated heterocycles. The van der Waals surface area contributed by atoms with Gasteiger partial charge in [0, 0.05) is 12.8 Å². The molecular weight excluding hydrogens is 369 g/mol. The molecule has 3 fully saturated rings. The average molecular weight is 395 g/mol. The summed E-state index contributed by atoms with van der Waals surface area (Å²) in [6, 6.07) is 17.4. The van der Waals surface area contributed by atoms with Crippen LogP contribution in [0.5, 0.6) is 0 Å². The smallest absolute Gasteiger partial charge is 0.321 e. The number of morpholine rings is 1. The summed E-state index contributed by atoms with van der Waals surface area (Å²) in [5.41, 5.74) is 3.67. The molecular formula is C24H26FNO3. The molecule has 2 aromatic rings. The lowest BCUT2D eigenvalue weighted by Crippen LogP contribution is -3.00. The fourth-order valence-corrected chi connectivity index (χ4v) is 6.24. The van der Waals surface area contributed by atoms with Crippen LogP contribution in [0.1, 0.15) is 30.9 Å². The summed E-state index contributed by atoms with van der Waals surface area (Å²) >= 11 is 0. The first-order chi connectivity index (χ1) is 13.4. The maximum Gasteiger partial charge on any atom is 0.321 e. The molecule has 4 nitrogen and oxygen atoms in total. The zero-order valence-electron chi connectivity index (χ0n) is 17.0. The number of rotatable bonds is 2. The summed E-state index contributed by atoms with van der Waals surface area (Å²) < 4.78 is 13.1. The van der Waals surface area contributed by atoms with Crippen molar-refractivity contribution >= 4 is 5.97 Å². The summed E-state index contributed by atoms with van der Waals surface area (Å²) in [7, 11) is 4.60. The van der Waals surface area contributed by atoms with Crippen LogP contribution in [0.3, 0.4) is 0 Å². The number of quaternary nitrogens is 1. The highest BCUT2D eigenvalue weighted by Gasteiger charge is 2.71. The third kappa shape index (κ3) is 2.29. The normalized spacial score (nSPS) is 33.7. The van der Waals surface area contributed by atoms with Gasteiger partial charge in [-0.1, -0.05) is 48.5 Å². The molecule has 0 spiro atoms. The molecule has 0 amide bonds. The van der Waals surface area contributed by atoms with Crippen LogP contribution in [0.25, 0.3) is 11.1 Å². The lowest BCUT2D eigenvalue weighted by Gasteiger charge is -2.45. The van der Waals surface area contributed by atoms with Crippen molar-refractivity contribution in [3.63, 3.8) is 0 Å². The van der Waals surface area contributed by atoms with Crippen LogP contribution in [0.2, 0.25) is 0 Å². The number of esters is 1. The minimum atomic E-state index is -0.743. The topological polar surface area (TPSA) is 38.8 Å². The average Bonchev–Trinajstić information content (AvgIpc) is 3.40. The molecule has 0 aromatic heterocycles. The highest BCUT2D eigenvalue weighted by atomic mass is 19.0. The molecule has 4 unspecified atom stereocenters. The second kappa shape index (κ2) is 5.89. The number of likely N-dealkylation sites (N-methyl/N-ethyl adjacent to an activating group) is 1. The monoisotopic (exact) mass is 395 g/mol. The second-order valence-corrected chi connectivity index (χ2v) is 9.54. The number of ether oxygens (including phenoxy) is 2. The van der Waals surface area contributed by atoms with E-state index < -0.39 is 5.41 Å². The van der Waals surface area contributed by atoms with Gasteiger partial charge >= 0.3 is 5.97 Å². The summed E-state index contributed by atoms with van der Waals surface area (Å²) in [6.07, 6.45) is 2.52. The van der Waals surface area contributed by atoms with E-state index in [2.05, 4.69) is 38.4 Å². The zero-order chi connectivity index (χ0) is 19.3. The van der Waals surface area contributed by atoms with Crippen molar-refractivity contribution in [2.45, 2.75) is 55.6 Å². The fraction of sp³-hybridized carbons (Fsp3) is 0.458. The largest absolute Gasteiger partial charge is 1.00 e. The summed E-state index contributed by atoms with van der Waals surface area (Å²) in [4.78, 5) is 13.6. The lowest BCUT2D eigenvalue weighted by atomic mass is 9.80. The zero-order valence-corrected chi connectivity index (χ0v) is 17.0. The Morgan fingerprint density at radius 3 is 1.97 bits per heavy atom. The third-order valence-electron chi connectivity index (χ3n) is 7.94. The fourth-order valence-electron chi connectivity index (χ4n) is 6.24. The molecule has 4 aliphatic rings. The van der Waals surface area contributed by atoms with Gasteiger partial charge in [0.25, 0.3) is 0 Å². The van der Waals surface area contributed by atoms with Gasteiger partial charge < -0.3 is 18.7 Å². The van der Waals surface area contributed by atoms with E-state index in [0.717, 1.165) is 39.6 Å². The van der Waals surface area contributed by atoms with E-state index in [-0.39, 0.29) is 16.8 Å². The van der Waals surface area contributed by atoms with Crippen molar-refractivity contribution in [1.82, 2.24) is 0 Å². The van der Waals surface area contributed by atoms with Gasteiger partial charge in [0.15, 0.2) is 0 Å². The van der Waals surface area contributed by atoms with Gasteiger partial charge in [0.2, 0.25) is 0 Å². The minimum absolute atomic E-state index is 0. The van der Waals surface area contributed by atoms with Gasteiger partial charge in [-0.15, -0.1) is 0 Å². The highest BCUT2D eigenvalue weighted by Crippen LogP contribution is 2.53. The molecule has 3 aliphatic heterocycles. The maximum absolute atomic E-state index is 13.6. The lowest BCUT2D eigenvalue weighted by molar-refractivity contribution is -0.938. The van der Waals surface area contributed by atoms with Gasteiger partial charge in [-0.3, -0.25) is 4.79 Å². The molecule has 0 N–H and O–H groups in total. The highest BCUT2D eigenvalue weighted by molar-refractivity contribution is 5.97. The molecule has 6 rings (SSSR count). The Labute approximate surface area is 170 Å². The number of nitrogens with zero attached hydrogens (tertiary/aromatic N) is 1. The van der Waals surface area contributed by atoms with Gasteiger partial charge in [-0.2, -0.15) is 0 Å². The van der Waals surface area contributed by atoms with Crippen LogP contribution in [0.4, 0.5) is 0 Å². The van der Waals surface area contributed by atoms with Crippen LogP contribution >= 0.6 is 0 Å². The number of hydrogen-bond donors (Lipinski definition) is 0. The SMILES string of the molecule is CC1(C(=O)OC2CC3C4OC4C(C2)[N+]3(C)C)c2ccccc2-c2ccccc21.[F-]. The van der Waals surface area contributed by atoms with Crippen molar-refractivity contribution in [1.29, 1.82) is 0 Å². The molecule has 152 valence electrons. The Morgan fingerprint density at radius 1 is 0.966 bits per heavy atom. The summed E-state index contributed by atoms with van der Waals surface area (Å²) in [6.45, 7) is 2.03. The Morgan fingerprint density at radius 2 is 1.45 bits per heavy atom. The molecule has 1 aliphatic carbocycles. The molecule has 0 saturated carbocycles. The van der Waals surface area contributed by atoms with Gasteiger partial charge in [-0.25, -0.2) is 0 Å². The van der Waals surface area contributed by atoms with Crippen LogP contribution in [-0.4, -0.2) is 54.9 Å².